The lowest BCUT2D eigenvalue weighted by Gasteiger charge is -2.16. The van der Waals surface area contributed by atoms with Crippen molar-refractivity contribution in [3.63, 3.8) is 0 Å². The molecule has 2 aromatic carbocycles. The smallest absolute Gasteiger partial charge is 0.321 e. The number of rotatable bonds is 2. The van der Waals surface area contributed by atoms with E-state index in [1.165, 1.54) is 23.9 Å². The lowest BCUT2D eigenvalue weighted by molar-refractivity contribution is 0.222. The minimum absolute atomic E-state index is 0.0933. The highest BCUT2D eigenvalue weighted by Gasteiger charge is 2.26. The van der Waals surface area contributed by atoms with Crippen LogP contribution in [0.1, 0.15) is 23.8 Å². The van der Waals surface area contributed by atoms with Gasteiger partial charge in [0, 0.05) is 35.3 Å². The van der Waals surface area contributed by atoms with Crippen LogP contribution in [-0.4, -0.2) is 24.0 Å². The van der Waals surface area contributed by atoms with Crippen LogP contribution in [0.4, 0.5) is 25.0 Å². The number of benzene rings is 2. The van der Waals surface area contributed by atoms with E-state index in [9.17, 15) is 13.6 Å². The van der Waals surface area contributed by atoms with Crippen LogP contribution < -0.4 is 10.6 Å². The van der Waals surface area contributed by atoms with E-state index in [1.807, 2.05) is 18.2 Å². The molecule has 2 heterocycles. The number of nitrogens with zero attached hydrogens (tertiary/aromatic N) is 1. The van der Waals surface area contributed by atoms with Gasteiger partial charge in [-0.15, -0.1) is 0 Å². The van der Waals surface area contributed by atoms with Gasteiger partial charge < -0.3 is 15.5 Å². The molecule has 25 heavy (non-hydrogen) atoms. The van der Waals surface area contributed by atoms with Gasteiger partial charge >= 0.3 is 6.03 Å². The van der Waals surface area contributed by atoms with E-state index >= 15 is 0 Å². The third-order valence-corrected chi connectivity index (χ3v) is 5.62. The standard InChI is InChI=1S/C18H17F2N3OS/c19-11-3-5-13(14(20)9-11)17-22-15-10-12(4-6-16(15)25-17)21-18(24)23-7-1-2-8-23/h3-6,9-10,17,22H,1-2,7-8H2,(H,21,24). The summed E-state index contributed by atoms with van der Waals surface area (Å²) in [6.45, 7) is 1.58. The number of anilines is 2. The first-order chi connectivity index (χ1) is 12.1. The molecule has 0 bridgehead atoms. The second-order valence-corrected chi connectivity index (χ2v) is 7.29. The molecule has 2 aliphatic rings. The SMILES string of the molecule is O=C(Nc1ccc2c(c1)NC(c1ccc(F)cc1F)S2)N1CCCC1. The Morgan fingerprint density at radius 1 is 1.16 bits per heavy atom. The number of carbonyl (C=O) groups excluding carboxylic acids is 1. The summed E-state index contributed by atoms with van der Waals surface area (Å²) in [6, 6.07) is 9.09. The number of urea groups is 1. The minimum atomic E-state index is -0.589. The zero-order valence-corrected chi connectivity index (χ0v) is 14.2. The number of thioether (sulfide) groups is 1. The van der Waals surface area contributed by atoms with Crippen molar-refractivity contribution in [2.45, 2.75) is 23.1 Å². The van der Waals surface area contributed by atoms with Gasteiger partial charge in [-0.25, -0.2) is 13.6 Å². The summed E-state index contributed by atoms with van der Waals surface area (Å²) in [5, 5.41) is 5.81. The fourth-order valence-electron chi connectivity index (χ4n) is 3.10. The minimum Gasteiger partial charge on any atom is -0.368 e. The summed E-state index contributed by atoms with van der Waals surface area (Å²) in [6.07, 6.45) is 2.08. The number of amides is 2. The zero-order valence-electron chi connectivity index (χ0n) is 13.4. The highest BCUT2D eigenvalue weighted by atomic mass is 32.2. The second-order valence-electron chi connectivity index (χ2n) is 6.14. The number of halogens is 2. The average molecular weight is 361 g/mol. The lowest BCUT2D eigenvalue weighted by atomic mass is 10.2. The third kappa shape index (κ3) is 3.28. The van der Waals surface area contributed by atoms with Crippen LogP contribution in [0.2, 0.25) is 0 Å². The van der Waals surface area contributed by atoms with Gasteiger partial charge in [0.15, 0.2) is 0 Å². The Hall–Kier alpha value is -2.28. The predicted octanol–water partition coefficient (Wildman–Crippen LogP) is 4.81. The number of likely N-dealkylation sites (tertiary alicyclic amines) is 1. The molecule has 2 N–H and O–H groups in total. The number of carbonyl (C=O) groups is 1. The maximum Gasteiger partial charge on any atom is 0.321 e. The molecule has 0 saturated carbocycles. The Bertz CT molecular complexity index is 824. The number of hydrogen-bond acceptors (Lipinski definition) is 3. The van der Waals surface area contributed by atoms with Gasteiger partial charge in [-0.1, -0.05) is 17.8 Å². The molecule has 4 nitrogen and oxygen atoms in total. The van der Waals surface area contributed by atoms with Crippen molar-refractivity contribution in [2.75, 3.05) is 23.7 Å². The molecule has 2 aliphatic heterocycles. The van der Waals surface area contributed by atoms with Crippen molar-refractivity contribution in [1.29, 1.82) is 0 Å². The highest BCUT2D eigenvalue weighted by Crippen LogP contribution is 2.47. The fourth-order valence-corrected chi connectivity index (χ4v) is 4.25. The molecular formula is C18H17F2N3OS. The molecule has 7 heteroatoms. The quantitative estimate of drug-likeness (QED) is 0.807. The third-order valence-electron chi connectivity index (χ3n) is 4.40. The normalized spacial score (nSPS) is 18.8. The van der Waals surface area contributed by atoms with Crippen LogP contribution in [0.25, 0.3) is 0 Å². The fraction of sp³-hybridized carbons (Fsp3) is 0.278. The van der Waals surface area contributed by atoms with E-state index in [4.69, 9.17) is 0 Å². The second kappa shape index (κ2) is 6.55. The highest BCUT2D eigenvalue weighted by molar-refractivity contribution is 8.00. The molecule has 1 fully saturated rings. The Morgan fingerprint density at radius 3 is 2.72 bits per heavy atom. The van der Waals surface area contributed by atoms with Crippen molar-refractivity contribution in [1.82, 2.24) is 4.90 Å². The maximum atomic E-state index is 14.0. The van der Waals surface area contributed by atoms with Gasteiger partial charge in [-0.2, -0.15) is 0 Å². The van der Waals surface area contributed by atoms with E-state index in [0.29, 0.717) is 11.3 Å². The lowest BCUT2D eigenvalue weighted by Crippen LogP contribution is -2.32. The van der Waals surface area contributed by atoms with Crippen LogP contribution in [0.15, 0.2) is 41.3 Å². The van der Waals surface area contributed by atoms with E-state index in [2.05, 4.69) is 10.6 Å². The Balaban J connectivity index is 1.49. The summed E-state index contributed by atoms with van der Waals surface area (Å²) in [4.78, 5) is 14.9. The predicted molar refractivity (Wildman–Crippen MR) is 94.8 cm³/mol. The summed E-state index contributed by atoms with van der Waals surface area (Å²) >= 11 is 1.47. The van der Waals surface area contributed by atoms with Crippen molar-refractivity contribution < 1.29 is 13.6 Å². The van der Waals surface area contributed by atoms with E-state index in [1.54, 1.807) is 4.90 Å². The van der Waals surface area contributed by atoms with Crippen molar-refractivity contribution >= 4 is 29.2 Å². The molecule has 1 unspecified atom stereocenters. The van der Waals surface area contributed by atoms with Gasteiger partial charge in [0.05, 0.1) is 5.69 Å². The number of fused-ring (bicyclic) bond motifs is 1. The van der Waals surface area contributed by atoms with Crippen molar-refractivity contribution in [3.05, 3.63) is 53.6 Å². The summed E-state index contributed by atoms with van der Waals surface area (Å²) in [5.74, 6) is -1.16. The van der Waals surface area contributed by atoms with Crippen LogP contribution in [-0.2, 0) is 0 Å². The van der Waals surface area contributed by atoms with Gasteiger partial charge in [0.2, 0.25) is 0 Å². The van der Waals surface area contributed by atoms with Crippen LogP contribution in [0.3, 0.4) is 0 Å². The topological polar surface area (TPSA) is 44.4 Å². The van der Waals surface area contributed by atoms with Crippen LogP contribution in [0.5, 0.6) is 0 Å². The van der Waals surface area contributed by atoms with Gasteiger partial charge in [-0.05, 0) is 37.1 Å². The first-order valence-corrected chi connectivity index (χ1v) is 9.06. The van der Waals surface area contributed by atoms with Crippen LogP contribution >= 0.6 is 11.8 Å². The molecule has 0 aromatic heterocycles. The van der Waals surface area contributed by atoms with Crippen molar-refractivity contribution in [3.8, 4) is 0 Å². The van der Waals surface area contributed by atoms with Gasteiger partial charge in [0.25, 0.3) is 0 Å². The molecule has 0 radical (unpaired) electrons. The van der Waals surface area contributed by atoms with E-state index in [0.717, 1.165) is 42.6 Å². The monoisotopic (exact) mass is 361 g/mol. The first-order valence-electron chi connectivity index (χ1n) is 8.18. The largest absolute Gasteiger partial charge is 0.368 e. The van der Waals surface area contributed by atoms with Crippen LogP contribution in [0, 0.1) is 11.6 Å². The molecule has 2 amide bonds. The van der Waals surface area contributed by atoms with Gasteiger partial charge in [0.1, 0.15) is 17.0 Å². The Labute approximate surface area is 148 Å². The molecule has 4 rings (SSSR count). The Kier molecular flexibility index (Phi) is 4.25. The summed E-state index contributed by atoms with van der Waals surface area (Å²) < 4.78 is 27.1. The molecule has 2 aromatic rings. The Morgan fingerprint density at radius 2 is 1.96 bits per heavy atom. The van der Waals surface area contributed by atoms with Gasteiger partial charge in [-0.3, -0.25) is 0 Å². The average Bonchev–Trinajstić information content (AvgIpc) is 3.24. The molecule has 1 saturated heterocycles. The summed E-state index contributed by atoms with van der Waals surface area (Å²) in [5.41, 5.74) is 1.94. The van der Waals surface area contributed by atoms with E-state index in [-0.39, 0.29) is 11.4 Å². The zero-order chi connectivity index (χ0) is 17.4. The first kappa shape index (κ1) is 16.2. The van der Waals surface area contributed by atoms with E-state index < -0.39 is 11.6 Å². The molecule has 130 valence electrons. The molecule has 0 spiro atoms. The molecular weight excluding hydrogens is 344 g/mol. The maximum absolute atomic E-state index is 14.0. The molecule has 1 atom stereocenters. The summed E-state index contributed by atoms with van der Waals surface area (Å²) in [7, 11) is 0. The number of nitrogens with one attached hydrogen (secondary N) is 2. The van der Waals surface area contributed by atoms with Crippen molar-refractivity contribution in [2.24, 2.45) is 0 Å². The number of hydrogen-bond donors (Lipinski definition) is 2. The molecule has 0 aliphatic carbocycles.